The van der Waals surface area contributed by atoms with Crippen molar-refractivity contribution in [3.05, 3.63) is 10.7 Å². The van der Waals surface area contributed by atoms with Crippen molar-refractivity contribution < 1.29 is 4.74 Å². The van der Waals surface area contributed by atoms with Crippen LogP contribution in [0.3, 0.4) is 0 Å². The Hall–Kier alpha value is -0.880. The summed E-state index contributed by atoms with van der Waals surface area (Å²) in [5, 5.41) is 0. The Bertz CT molecular complexity index is 402. The molecule has 1 unspecified atom stereocenters. The van der Waals surface area contributed by atoms with Gasteiger partial charge < -0.3 is 15.4 Å². The fourth-order valence-electron chi connectivity index (χ4n) is 2.38. The van der Waals surface area contributed by atoms with Gasteiger partial charge in [-0.15, -0.1) is 0 Å². The van der Waals surface area contributed by atoms with Crippen molar-refractivity contribution in [2.75, 3.05) is 25.1 Å². The van der Waals surface area contributed by atoms with E-state index in [4.69, 9.17) is 10.5 Å². The van der Waals surface area contributed by atoms with E-state index in [1.54, 1.807) is 13.3 Å². The average Bonchev–Trinajstić information content (AvgIpc) is 2.85. The van der Waals surface area contributed by atoms with Gasteiger partial charge in [0.25, 0.3) is 0 Å². The van der Waals surface area contributed by atoms with E-state index in [1.165, 1.54) is 12.8 Å². The van der Waals surface area contributed by atoms with E-state index in [9.17, 15) is 0 Å². The lowest BCUT2D eigenvalue weighted by atomic mass is 10.1. The molecule has 1 aromatic rings. The molecule has 0 saturated carbocycles. The lowest BCUT2D eigenvalue weighted by Crippen LogP contribution is -2.31. The summed E-state index contributed by atoms with van der Waals surface area (Å²) in [6.07, 6.45) is 6.30. The van der Waals surface area contributed by atoms with E-state index >= 15 is 0 Å². The van der Waals surface area contributed by atoms with Crippen molar-refractivity contribution in [2.45, 2.75) is 31.7 Å². The zero-order valence-electron chi connectivity index (χ0n) is 10.6. The van der Waals surface area contributed by atoms with Crippen molar-refractivity contribution in [2.24, 2.45) is 5.73 Å². The third-order valence-corrected chi connectivity index (χ3v) is 3.81. The minimum Gasteiger partial charge on any atom is -0.480 e. The highest BCUT2D eigenvalue weighted by atomic mass is 79.9. The zero-order chi connectivity index (χ0) is 13.0. The first-order valence-corrected chi connectivity index (χ1v) is 7.08. The van der Waals surface area contributed by atoms with Crippen LogP contribution >= 0.6 is 15.9 Å². The molecule has 1 aliphatic heterocycles. The quantitative estimate of drug-likeness (QED) is 0.900. The number of anilines is 1. The second-order valence-electron chi connectivity index (χ2n) is 4.45. The number of nitrogens with zero attached hydrogens (tertiary/aromatic N) is 3. The molecule has 0 amide bonds. The molecule has 1 aromatic heterocycles. The normalized spacial score (nSPS) is 19.3. The predicted molar refractivity (Wildman–Crippen MR) is 74.9 cm³/mol. The molecule has 0 bridgehead atoms. The molecule has 1 aliphatic rings. The summed E-state index contributed by atoms with van der Waals surface area (Å²) in [6.45, 7) is 1.76. The fourth-order valence-corrected chi connectivity index (χ4v) is 2.73. The van der Waals surface area contributed by atoms with Gasteiger partial charge in [0.05, 0.1) is 17.8 Å². The SMILES string of the molecule is COc1nc(N2CCCC2CCCN)ncc1Br. The average molecular weight is 315 g/mol. The van der Waals surface area contributed by atoms with Crippen LogP contribution in [0, 0.1) is 0 Å². The third kappa shape index (κ3) is 2.92. The molecule has 2 rings (SSSR count). The van der Waals surface area contributed by atoms with Gasteiger partial charge in [0.15, 0.2) is 0 Å². The van der Waals surface area contributed by atoms with Crippen molar-refractivity contribution in [1.82, 2.24) is 9.97 Å². The predicted octanol–water partition coefficient (Wildman–Crippen LogP) is 1.96. The molecule has 1 saturated heterocycles. The van der Waals surface area contributed by atoms with E-state index < -0.39 is 0 Å². The van der Waals surface area contributed by atoms with Gasteiger partial charge in [-0.05, 0) is 48.2 Å². The first kappa shape index (κ1) is 13.5. The standard InChI is InChI=1S/C12H19BrN4O/c1-18-11-10(13)8-15-12(16-11)17-7-3-5-9(17)4-2-6-14/h8-9H,2-7,14H2,1H3. The second kappa shape index (κ2) is 6.33. The lowest BCUT2D eigenvalue weighted by Gasteiger charge is -2.24. The smallest absolute Gasteiger partial charge is 0.232 e. The second-order valence-corrected chi connectivity index (χ2v) is 5.30. The number of hydrogen-bond acceptors (Lipinski definition) is 5. The van der Waals surface area contributed by atoms with Crippen LogP contribution in [0.1, 0.15) is 25.7 Å². The van der Waals surface area contributed by atoms with Gasteiger partial charge in [-0.25, -0.2) is 4.98 Å². The molecule has 0 spiro atoms. The Morgan fingerprint density at radius 1 is 1.61 bits per heavy atom. The molecule has 18 heavy (non-hydrogen) atoms. The lowest BCUT2D eigenvalue weighted by molar-refractivity contribution is 0.393. The summed E-state index contributed by atoms with van der Waals surface area (Å²) in [7, 11) is 1.62. The van der Waals surface area contributed by atoms with Crippen LogP contribution in [0.5, 0.6) is 5.88 Å². The summed E-state index contributed by atoms with van der Waals surface area (Å²) >= 11 is 3.37. The maximum atomic E-state index is 5.58. The summed E-state index contributed by atoms with van der Waals surface area (Å²) in [5.74, 6) is 1.35. The van der Waals surface area contributed by atoms with Crippen LogP contribution in [0.25, 0.3) is 0 Å². The Morgan fingerprint density at radius 2 is 2.44 bits per heavy atom. The molecular weight excluding hydrogens is 296 g/mol. The Kier molecular flexibility index (Phi) is 4.77. The first-order chi connectivity index (χ1) is 8.76. The van der Waals surface area contributed by atoms with Crippen LogP contribution in [0.2, 0.25) is 0 Å². The van der Waals surface area contributed by atoms with Crippen molar-refractivity contribution >= 4 is 21.9 Å². The van der Waals surface area contributed by atoms with Crippen LogP contribution < -0.4 is 15.4 Å². The van der Waals surface area contributed by atoms with Gasteiger partial charge >= 0.3 is 0 Å². The summed E-state index contributed by atoms with van der Waals surface area (Å²) < 4.78 is 6.00. The molecule has 1 atom stereocenters. The largest absolute Gasteiger partial charge is 0.480 e. The molecule has 0 aromatic carbocycles. The van der Waals surface area contributed by atoms with Crippen LogP contribution in [-0.4, -0.2) is 36.2 Å². The van der Waals surface area contributed by atoms with E-state index in [0.717, 1.165) is 36.4 Å². The topological polar surface area (TPSA) is 64.3 Å². The van der Waals surface area contributed by atoms with Crippen molar-refractivity contribution in [3.8, 4) is 5.88 Å². The van der Waals surface area contributed by atoms with E-state index in [-0.39, 0.29) is 0 Å². The molecular formula is C12H19BrN4O. The van der Waals surface area contributed by atoms with E-state index in [2.05, 4.69) is 30.8 Å². The maximum absolute atomic E-state index is 5.58. The number of methoxy groups -OCH3 is 1. The Labute approximate surface area is 116 Å². The highest BCUT2D eigenvalue weighted by Crippen LogP contribution is 2.29. The molecule has 2 heterocycles. The minimum absolute atomic E-state index is 0.513. The van der Waals surface area contributed by atoms with Crippen molar-refractivity contribution in [1.29, 1.82) is 0 Å². The fraction of sp³-hybridized carbons (Fsp3) is 0.667. The number of hydrogen-bond donors (Lipinski definition) is 1. The molecule has 1 fully saturated rings. The van der Waals surface area contributed by atoms with Crippen LogP contribution in [-0.2, 0) is 0 Å². The molecule has 0 radical (unpaired) electrons. The Balaban J connectivity index is 2.14. The van der Waals surface area contributed by atoms with Crippen LogP contribution in [0.15, 0.2) is 10.7 Å². The minimum atomic E-state index is 0.513. The first-order valence-electron chi connectivity index (χ1n) is 6.29. The van der Waals surface area contributed by atoms with Crippen molar-refractivity contribution in [3.63, 3.8) is 0 Å². The number of halogens is 1. The van der Waals surface area contributed by atoms with Gasteiger partial charge in [0.1, 0.15) is 0 Å². The number of ether oxygens (including phenoxy) is 1. The zero-order valence-corrected chi connectivity index (χ0v) is 12.2. The summed E-state index contributed by atoms with van der Waals surface area (Å²) in [4.78, 5) is 11.1. The molecule has 100 valence electrons. The van der Waals surface area contributed by atoms with Crippen LogP contribution in [0.4, 0.5) is 5.95 Å². The van der Waals surface area contributed by atoms with Gasteiger partial charge in [-0.1, -0.05) is 0 Å². The van der Waals surface area contributed by atoms with Gasteiger partial charge in [-0.2, -0.15) is 4.98 Å². The van der Waals surface area contributed by atoms with E-state index in [1.807, 2.05) is 0 Å². The number of nitrogens with two attached hydrogens (primary N) is 1. The number of rotatable bonds is 5. The molecule has 5 nitrogen and oxygen atoms in total. The monoisotopic (exact) mass is 314 g/mol. The highest BCUT2D eigenvalue weighted by Gasteiger charge is 2.26. The molecule has 6 heteroatoms. The maximum Gasteiger partial charge on any atom is 0.232 e. The van der Waals surface area contributed by atoms with E-state index in [0.29, 0.717) is 11.9 Å². The van der Waals surface area contributed by atoms with Gasteiger partial charge in [-0.3, -0.25) is 0 Å². The summed E-state index contributed by atoms with van der Waals surface area (Å²) in [6, 6.07) is 0.513. The third-order valence-electron chi connectivity index (χ3n) is 3.27. The molecule has 2 N–H and O–H groups in total. The number of aromatic nitrogens is 2. The Morgan fingerprint density at radius 3 is 3.17 bits per heavy atom. The molecule has 0 aliphatic carbocycles. The highest BCUT2D eigenvalue weighted by molar-refractivity contribution is 9.10. The van der Waals surface area contributed by atoms with Gasteiger partial charge in [0.2, 0.25) is 11.8 Å². The summed E-state index contributed by atoms with van der Waals surface area (Å²) in [5.41, 5.74) is 5.58. The van der Waals surface area contributed by atoms with Gasteiger partial charge in [0, 0.05) is 12.6 Å².